The van der Waals surface area contributed by atoms with Crippen LogP contribution in [0.4, 0.5) is 0 Å². The summed E-state index contributed by atoms with van der Waals surface area (Å²) in [5, 5.41) is 1.78. The van der Waals surface area contributed by atoms with Crippen molar-refractivity contribution in [1.29, 1.82) is 0 Å². The van der Waals surface area contributed by atoms with Gasteiger partial charge in [0.25, 0.3) is 0 Å². The predicted molar refractivity (Wildman–Crippen MR) is 81.9 cm³/mol. The number of hydrogen-bond acceptors (Lipinski definition) is 4. The molecular weight excluding hydrogens is 268 g/mol. The van der Waals surface area contributed by atoms with Crippen LogP contribution in [-0.4, -0.2) is 6.61 Å². The highest BCUT2D eigenvalue weighted by Gasteiger charge is 2.14. The lowest BCUT2D eigenvalue weighted by atomic mass is 10.1. The number of hydrogen-bond donors (Lipinski definition) is 0. The van der Waals surface area contributed by atoms with Crippen molar-refractivity contribution in [1.82, 2.24) is 0 Å². The van der Waals surface area contributed by atoms with E-state index < -0.39 is 0 Å². The first-order valence-corrected chi connectivity index (χ1v) is 7.36. The third-order valence-electron chi connectivity index (χ3n) is 3.53. The van der Waals surface area contributed by atoms with Gasteiger partial charge in [-0.05, 0) is 24.6 Å². The van der Waals surface area contributed by atoms with Crippen LogP contribution in [0.3, 0.4) is 0 Å². The maximum Gasteiger partial charge on any atom is 0.336 e. The van der Waals surface area contributed by atoms with Crippen LogP contribution in [0, 0.1) is 0 Å². The highest BCUT2D eigenvalue weighted by Crippen LogP contribution is 2.35. The molecule has 0 saturated heterocycles. The first-order chi connectivity index (χ1) is 10.3. The molecule has 4 nitrogen and oxygen atoms in total. The molecule has 21 heavy (non-hydrogen) atoms. The summed E-state index contributed by atoms with van der Waals surface area (Å²) in [5.74, 6) is 0.529. The zero-order valence-electron chi connectivity index (χ0n) is 12.1. The number of furan rings is 1. The van der Waals surface area contributed by atoms with Crippen molar-refractivity contribution < 1.29 is 13.6 Å². The van der Waals surface area contributed by atoms with E-state index >= 15 is 0 Å². The number of benzene rings is 1. The Bertz CT molecular complexity index is 797. The molecule has 2 heterocycles. The number of unbranched alkanes of at least 4 members (excludes halogenated alkanes) is 3. The summed E-state index contributed by atoms with van der Waals surface area (Å²) in [6.07, 6.45) is 6.11. The van der Waals surface area contributed by atoms with E-state index in [1.165, 1.54) is 18.9 Å². The summed E-state index contributed by atoms with van der Waals surface area (Å²) in [6, 6.07) is 6.97. The highest BCUT2D eigenvalue weighted by molar-refractivity contribution is 5.99. The van der Waals surface area contributed by atoms with Crippen molar-refractivity contribution in [3.63, 3.8) is 0 Å². The molecule has 0 aliphatic heterocycles. The van der Waals surface area contributed by atoms with Gasteiger partial charge in [-0.15, -0.1) is 0 Å². The van der Waals surface area contributed by atoms with E-state index in [0.29, 0.717) is 23.5 Å². The standard InChI is InChI=1S/C17H18O4/c1-2-3-4-5-9-19-17-15-13(8-10-20-15)11-12-6-7-14(18)21-16(12)17/h6-8,10-11H,2-5,9H2,1H3. The van der Waals surface area contributed by atoms with E-state index in [9.17, 15) is 4.79 Å². The molecule has 3 aromatic rings. The minimum atomic E-state index is -0.385. The molecule has 3 rings (SSSR count). The van der Waals surface area contributed by atoms with E-state index in [1.807, 2.05) is 12.1 Å². The predicted octanol–water partition coefficient (Wildman–Crippen LogP) is 4.50. The quantitative estimate of drug-likeness (QED) is 0.494. The van der Waals surface area contributed by atoms with E-state index in [1.54, 1.807) is 12.3 Å². The smallest absolute Gasteiger partial charge is 0.336 e. The highest BCUT2D eigenvalue weighted by atomic mass is 16.5. The molecule has 0 amide bonds. The first kappa shape index (κ1) is 13.7. The number of fused-ring (bicyclic) bond motifs is 2. The van der Waals surface area contributed by atoms with Gasteiger partial charge in [0.2, 0.25) is 5.75 Å². The summed E-state index contributed by atoms with van der Waals surface area (Å²) in [4.78, 5) is 11.5. The van der Waals surface area contributed by atoms with Gasteiger partial charge in [-0.25, -0.2) is 4.79 Å². The zero-order chi connectivity index (χ0) is 14.7. The maximum absolute atomic E-state index is 11.5. The Morgan fingerprint density at radius 1 is 1.05 bits per heavy atom. The lowest BCUT2D eigenvalue weighted by Crippen LogP contribution is -2.01. The first-order valence-electron chi connectivity index (χ1n) is 7.36. The largest absolute Gasteiger partial charge is 0.486 e. The van der Waals surface area contributed by atoms with Gasteiger partial charge in [-0.1, -0.05) is 26.2 Å². The monoisotopic (exact) mass is 286 g/mol. The van der Waals surface area contributed by atoms with Crippen LogP contribution in [-0.2, 0) is 0 Å². The Balaban J connectivity index is 1.97. The van der Waals surface area contributed by atoms with Crippen LogP contribution in [0.5, 0.6) is 5.75 Å². The molecule has 4 heteroatoms. The molecule has 0 N–H and O–H groups in total. The average Bonchev–Trinajstić information content (AvgIpc) is 2.94. The molecule has 0 unspecified atom stereocenters. The normalized spacial score (nSPS) is 11.3. The van der Waals surface area contributed by atoms with Crippen LogP contribution < -0.4 is 10.4 Å². The average molecular weight is 286 g/mol. The second-order valence-electron chi connectivity index (χ2n) is 5.13. The third-order valence-corrected chi connectivity index (χ3v) is 3.53. The van der Waals surface area contributed by atoms with Crippen LogP contribution >= 0.6 is 0 Å². The molecule has 0 fully saturated rings. The van der Waals surface area contributed by atoms with Crippen molar-refractivity contribution in [2.45, 2.75) is 32.6 Å². The number of rotatable bonds is 6. The zero-order valence-corrected chi connectivity index (χ0v) is 12.1. The van der Waals surface area contributed by atoms with Crippen LogP contribution in [0.1, 0.15) is 32.6 Å². The summed E-state index contributed by atoms with van der Waals surface area (Å²) >= 11 is 0. The van der Waals surface area contributed by atoms with Gasteiger partial charge in [0.1, 0.15) is 0 Å². The van der Waals surface area contributed by atoms with Crippen molar-refractivity contribution in [3.8, 4) is 5.75 Å². The lowest BCUT2D eigenvalue weighted by Gasteiger charge is -2.08. The summed E-state index contributed by atoms with van der Waals surface area (Å²) < 4.78 is 16.7. The Hall–Kier alpha value is -2.23. The molecule has 0 radical (unpaired) electrons. The van der Waals surface area contributed by atoms with Crippen LogP contribution in [0.15, 0.2) is 44.2 Å². The fourth-order valence-corrected chi connectivity index (χ4v) is 2.44. The van der Waals surface area contributed by atoms with E-state index in [2.05, 4.69) is 6.92 Å². The fraction of sp³-hybridized carbons (Fsp3) is 0.353. The molecule has 0 atom stereocenters. The van der Waals surface area contributed by atoms with Gasteiger partial charge in [0.15, 0.2) is 11.2 Å². The Morgan fingerprint density at radius 2 is 1.90 bits per heavy atom. The third kappa shape index (κ3) is 2.79. The Labute approximate surface area is 122 Å². The minimum absolute atomic E-state index is 0.385. The summed E-state index contributed by atoms with van der Waals surface area (Å²) in [6.45, 7) is 2.76. The molecule has 110 valence electrons. The van der Waals surface area contributed by atoms with E-state index in [4.69, 9.17) is 13.6 Å². The van der Waals surface area contributed by atoms with E-state index in [-0.39, 0.29) is 5.63 Å². The van der Waals surface area contributed by atoms with Gasteiger partial charge in [-0.2, -0.15) is 0 Å². The molecule has 0 spiro atoms. The molecule has 0 bridgehead atoms. The second kappa shape index (κ2) is 6.04. The molecule has 0 aliphatic rings. The van der Waals surface area contributed by atoms with Gasteiger partial charge in [0, 0.05) is 16.8 Å². The van der Waals surface area contributed by atoms with Gasteiger partial charge in [-0.3, -0.25) is 0 Å². The van der Waals surface area contributed by atoms with Crippen molar-refractivity contribution in [3.05, 3.63) is 40.9 Å². The SMILES string of the molecule is CCCCCCOc1c2occc2cc2ccc(=O)oc12. The minimum Gasteiger partial charge on any atom is -0.486 e. The van der Waals surface area contributed by atoms with Crippen LogP contribution in [0.2, 0.25) is 0 Å². The Kier molecular flexibility index (Phi) is 3.95. The van der Waals surface area contributed by atoms with E-state index in [0.717, 1.165) is 23.6 Å². The molecular formula is C17H18O4. The maximum atomic E-state index is 11.5. The Morgan fingerprint density at radius 3 is 2.76 bits per heavy atom. The molecule has 1 aromatic carbocycles. The van der Waals surface area contributed by atoms with Gasteiger partial charge in [0.05, 0.1) is 12.9 Å². The second-order valence-corrected chi connectivity index (χ2v) is 5.13. The summed E-state index contributed by atoms with van der Waals surface area (Å²) in [7, 11) is 0. The van der Waals surface area contributed by atoms with Crippen molar-refractivity contribution >= 4 is 21.9 Å². The molecule has 0 aliphatic carbocycles. The van der Waals surface area contributed by atoms with Gasteiger partial charge >= 0.3 is 5.63 Å². The molecule has 2 aromatic heterocycles. The van der Waals surface area contributed by atoms with Gasteiger partial charge < -0.3 is 13.6 Å². The number of ether oxygens (including phenoxy) is 1. The summed E-state index contributed by atoms with van der Waals surface area (Å²) in [5.41, 5.74) is 0.706. The fourth-order valence-electron chi connectivity index (χ4n) is 2.44. The van der Waals surface area contributed by atoms with Crippen molar-refractivity contribution in [2.75, 3.05) is 6.61 Å². The van der Waals surface area contributed by atoms with Crippen molar-refractivity contribution in [2.24, 2.45) is 0 Å². The van der Waals surface area contributed by atoms with Crippen LogP contribution in [0.25, 0.3) is 21.9 Å². The molecule has 0 saturated carbocycles. The topological polar surface area (TPSA) is 52.6 Å². The lowest BCUT2D eigenvalue weighted by molar-refractivity contribution is 0.302.